The number of fused-ring (bicyclic) bond motifs is 1. The second-order valence-corrected chi connectivity index (χ2v) is 10.6. The number of carbonyl (C=O) groups excluding carboxylic acids is 2. The number of rotatable bonds is 12. The van der Waals surface area contributed by atoms with E-state index in [0.717, 1.165) is 31.4 Å². The molecule has 2 aliphatic heterocycles. The number of carbonyl (C=O) groups is 2. The van der Waals surface area contributed by atoms with E-state index in [-0.39, 0.29) is 53.2 Å². The monoisotopic (exact) mass is 569 g/mol. The Kier molecular flexibility index (Phi) is 12.7. The van der Waals surface area contributed by atoms with E-state index in [0.29, 0.717) is 24.7 Å². The summed E-state index contributed by atoms with van der Waals surface area (Å²) in [5, 5.41) is 0.257. The fourth-order valence-electron chi connectivity index (χ4n) is 3.97. The van der Waals surface area contributed by atoms with Gasteiger partial charge in [-0.3, -0.25) is 19.4 Å². The van der Waals surface area contributed by atoms with Gasteiger partial charge in [-0.25, -0.2) is 8.42 Å². The maximum atomic E-state index is 13.1. The van der Waals surface area contributed by atoms with E-state index in [4.69, 9.17) is 17.0 Å². The van der Waals surface area contributed by atoms with Crippen molar-refractivity contribution in [1.29, 1.82) is 0 Å². The Labute approximate surface area is 252 Å². The Balaban J connectivity index is 0.00000507. The van der Waals surface area contributed by atoms with Crippen molar-refractivity contribution in [1.82, 2.24) is 9.80 Å². The number of hydrogen-bond acceptors (Lipinski definition) is 8. The fourth-order valence-corrected chi connectivity index (χ4v) is 4.80. The third-order valence-electron chi connectivity index (χ3n) is 5.91. The number of benzene rings is 1. The quantitative estimate of drug-likeness (QED) is 0.119. The third-order valence-corrected chi connectivity index (χ3v) is 7.14. The molecule has 9 nitrogen and oxygen atoms in total. The van der Waals surface area contributed by atoms with Crippen LogP contribution in [0.3, 0.4) is 0 Å². The average Bonchev–Trinajstić information content (AvgIpc) is 3.20. The smallest absolute Gasteiger partial charge is 0.748 e. The average molecular weight is 570 g/mol. The molecule has 2 aliphatic rings. The maximum absolute atomic E-state index is 13.1. The molecular weight excluding hydrogens is 537 g/mol. The van der Waals surface area contributed by atoms with Crippen LogP contribution in [0.1, 0.15) is 46.0 Å². The van der Waals surface area contributed by atoms with Gasteiger partial charge in [0.15, 0.2) is 10.9 Å². The summed E-state index contributed by atoms with van der Waals surface area (Å²) in [4.78, 5) is 31.0. The van der Waals surface area contributed by atoms with Crippen LogP contribution in [0.4, 0.5) is 5.69 Å². The zero-order valence-electron chi connectivity index (χ0n) is 22.1. The summed E-state index contributed by atoms with van der Waals surface area (Å²) in [6, 6.07) is 7.28. The van der Waals surface area contributed by atoms with Gasteiger partial charge in [0.1, 0.15) is 5.57 Å². The summed E-state index contributed by atoms with van der Waals surface area (Å²) in [6.07, 6.45) is 9.85. The van der Waals surface area contributed by atoms with E-state index < -0.39 is 27.7 Å². The molecule has 0 radical (unpaired) electrons. The van der Waals surface area contributed by atoms with Crippen molar-refractivity contribution < 1.29 is 56.9 Å². The molecule has 1 aromatic carbocycles. The minimum atomic E-state index is -4.32. The van der Waals surface area contributed by atoms with E-state index in [1.807, 2.05) is 32.0 Å². The molecule has 1 saturated heterocycles. The first-order chi connectivity index (χ1) is 17.7. The fraction of sp³-hybridized carbons (Fsp3) is 0.423. The molecule has 2 amide bonds. The number of para-hydroxylation sites is 2. The normalized spacial score (nSPS) is 16.8. The molecule has 2 heterocycles. The van der Waals surface area contributed by atoms with Gasteiger partial charge < -0.3 is 14.2 Å². The van der Waals surface area contributed by atoms with Crippen molar-refractivity contribution in [2.24, 2.45) is 0 Å². The van der Waals surface area contributed by atoms with Gasteiger partial charge in [-0.15, -0.1) is 0 Å². The Morgan fingerprint density at radius 3 is 2.03 bits per heavy atom. The van der Waals surface area contributed by atoms with Gasteiger partial charge in [0.2, 0.25) is 5.88 Å². The minimum absolute atomic E-state index is 0. The summed E-state index contributed by atoms with van der Waals surface area (Å²) < 4.78 is 39.0. The molecule has 0 saturated carbocycles. The first kappa shape index (κ1) is 32.2. The third kappa shape index (κ3) is 8.24. The van der Waals surface area contributed by atoms with Crippen LogP contribution < -0.4 is 39.2 Å². The standard InChI is InChI=1S/C26H33N3O6S2.Na/c1-3-5-16-28-24(30)20(25(31)29(26(28)36)17-6-4-2)12-7-10-15-23-27(18-11-19-37(32,33)34)21-13-8-9-14-22(21)35-23;/h7-10,12-15H,3-6,11,16-19H2,1-2H3,(H,32,33,34);/q;+1/p-1. The Morgan fingerprint density at radius 1 is 0.895 bits per heavy atom. The van der Waals surface area contributed by atoms with Gasteiger partial charge in [0.25, 0.3) is 11.8 Å². The predicted molar refractivity (Wildman–Crippen MR) is 145 cm³/mol. The Morgan fingerprint density at radius 2 is 1.45 bits per heavy atom. The van der Waals surface area contributed by atoms with Crippen LogP contribution in [0.15, 0.2) is 60.0 Å². The van der Waals surface area contributed by atoms with Crippen LogP contribution in [-0.2, 0) is 19.7 Å². The van der Waals surface area contributed by atoms with Crippen molar-refractivity contribution in [2.75, 3.05) is 30.3 Å². The van der Waals surface area contributed by atoms with Crippen LogP contribution in [0.25, 0.3) is 0 Å². The van der Waals surface area contributed by atoms with Crippen LogP contribution in [-0.4, -0.2) is 65.1 Å². The summed E-state index contributed by atoms with van der Waals surface area (Å²) in [5.41, 5.74) is 0.802. The topological polar surface area (TPSA) is 110 Å². The van der Waals surface area contributed by atoms with Crippen LogP contribution >= 0.6 is 12.2 Å². The number of nitrogens with zero attached hydrogens (tertiary/aromatic N) is 3. The molecule has 0 aromatic heterocycles. The second kappa shape index (κ2) is 14.9. The summed E-state index contributed by atoms with van der Waals surface area (Å²) in [7, 11) is -4.32. The van der Waals surface area contributed by atoms with E-state index in [1.165, 1.54) is 15.9 Å². The zero-order valence-corrected chi connectivity index (χ0v) is 25.7. The van der Waals surface area contributed by atoms with Crippen molar-refractivity contribution in [3.63, 3.8) is 0 Å². The maximum Gasteiger partial charge on any atom is 1.00 e. The zero-order chi connectivity index (χ0) is 27.0. The number of anilines is 1. The van der Waals surface area contributed by atoms with Gasteiger partial charge in [0.05, 0.1) is 15.8 Å². The molecule has 3 rings (SSSR count). The number of allylic oxidation sites excluding steroid dienone is 4. The first-order valence-electron chi connectivity index (χ1n) is 12.4. The molecule has 0 atom stereocenters. The summed E-state index contributed by atoms with van der Waals surface area (Å²) in [6.45, 7) is 5.23. The summed E-state index contributed by atoms with van der Waals surface area (Å²) >= 11 is 5.47. The number of ether oxygens (including phenoxy) is 1. The molecule has 0 bridgehead atoms. The molecule has 38 heavy (non-hydrogen) atoms. The number of unbranched alkanes of at least 4 members (excludes halogenated alkanes) is 2. The Bertz CT molecular complexity index is 1200. The van der Waals surface area contributed by atoms with Crippen LogP contribution in [0.2, 0.25) is 0 Å². The van der Waals surface area contributed by atoms with E-state index >= 15 is 0 Å². The van der Waals surface area contributed by atoms with Crippen LogP contribution in [0.5, 0.6) is 5.75 Å². The summed E-state index contributed by atoms with van der Waals surface area (Å²) in [5.74, 6) is -0.238. The van der Waals surface area contributed by atoms with Crippen molar-refractivity contribution in [3.8, 4) is 5.75 Å². The van der Waals surface area contributed by atoms with Crippen molar-refractivity contribution in [2.45, 2.75) is 46.0 Å². The van der Waals surface area contributed by atoms with Gasteiger partial charge in [-0.2, -0.15) is 0 Å². The molecular formula is C26H32N3NaO6S2. The van der Waals surface area contributed by atoms with Gasteiger partial charge >= 0.3 is 29.6 Å². The van der Waals surface area contributed by atoms with E-state index in [9.17, 15) is 22.6 Å². The molecule has 1 fully saturated rings. The molecule has 0 unspecified atom stereocenters. The number of hydrogen-bond donors (Lipinski definition) is 0. The molecule has 0 spiro atoms. The van der Waals surface area contributed by atoms with Gasteiger partial charge in [-0.1, -0.05) is 51.0 Å². The molecule has 0 N–H and O–H groups in total. The molecule has 1 aromatic rings. The second-order valence-electron chi connectivity index (χ2n) is 8.71. The number of amides is 2. The van der Waals surface area contributed by atoms with Crippen LogP contribution in [0, 0.1) is 0 Å². The van der Waals surface area contributed by atoms with E-state index in [1.54, 1.807) is 29.2 Å². The number of thiocarbonyl (C=S) groups is 1. The van der Waals surface area contributed by atoms with Gasteiger partial charge in [-0.05, 0) is 55.8 Å². The molecule has 200 valence electrons. The van der Waals surface area contributed by atoms with Gasteiger partial charge in [0, 0.05) is 25.4 Å². The minimum Gasteiger partial charge on any atom is -0.748 e. The SMILES string of the molecule is CCCCN1C(=O)C(=CC=CC=C2Oc3ccccc3N2CCCS(=O)(=O)[O-])C(=O)N(CCCC)C1=S.[Na+]. The molecule has 12 heteroatoms. The first-order valence-corrected chi connectivity index (χ1v) is 14.4. The predicted octanol–water partition coefficient (Wildman–Crippen LogP) is 0.705. The molecule has 0 aliphatic carbocycles. The van der Waals surface area contributed by atoms with Crippen molar-refractivity contribution in [3.05, 3.63) is 60.0 Å². The Hall–Kier alpha value is -2.02. The van der Waals surface area contributed by atoms with Crippen molar-refractivity contribution >= 4 is 45.0 Å². The largest absolute Gasteiger partial charge is 1.00 e. The van der Waals surface area contributed by atoms with E-state index in [2.05, 4.69) is 0 Å².